The van der Waals surface area contributed by atoms with Crippen molar-refractivity contribution in [3.05, 3.63) is 28.7 Å². The summed E-state index contributed by atoms with van der Waals surface area (Å²) in [5.74, 6) is 0. The molecule has 18 heavy (non-hydrogen) atoms. The largest absolute Gasteiger partial charge is 0.378 e. The Balaban J connectivity index is 1.68. The lowest BCUT2D eigenvalue weighted by Crippen LogP contribution is -2.59. The average molecular weight is 311 g/mol. The van der Waals surface area contributed by atoms with Gasteiger partial charge in [0.25, 0.3) is 0 Å². The number of piperazine rings is 1. The highest BCUT2D eigenvalue weighted by atomic mass is 79.9. The normalized spacial score (nSPS) is 26.1. The van der Waals surface area contributed by atoms with Crippen LogP contribution in [0.4, 0.5) is 5.69 Å². The van der Waals surface area contributed by atoms with Gasteiger partial charge in [-0.1, -0.05) is 22.0 Å². The number of ether oxygens (including phenoxy) is 1. The third kappa shape index (κ3) is 2.42. The van der Waals surface area contributed by atoms with Crippen molar-refractivity contribution in [1.82, 2.24) is 4.90 Å². The molecule has 0 radical (unpaired) electrons. The molecule has 2 fully saturated rings. The molecule has 0 N–H and O–H groups in total. The van der Waals surface area contributed by atoms with E-state index in [1.807, 2.05) is 0 Å². The van der Waals surface area contributed by atoms with Gasteiger partial charge in [0.05, 0.1) is 19.3 Å². The van der Waals surface area contributed by atoms with Crippen molar-refractivity contribution in [3.63, 3.8) is 0 Å². The number of hydrogen-bond donors (Lipinski definition) is 0. The van der Waals surface area contributed by atoms with Gasteiger partial charge in [0, 0.05) is 35.8 Å². The van der Waals surface area contributed by atoms with E-state index < -0.39 is 0 Å². The van der Waals surface area contributed by atoms with Crippen LogP contribution < -0.4 is 4.90 Å². The molecule has 1 aromatic carbocycles. The Kier molecular flexibility index (Phi) is 3.59. The number of nitrogens with zero attached hydrogens (tertiary/aromatic N) is 2. The van der Waals surface area contributed by atoms with E-state index in [9.17, 15) is 0 Å². The summed E-state index contributed by atoms with van der Waals surface area (Å²) in [4.78, 5) is 5.07. The van der Waals surface area contributed by atoms with Gasteiger partial charge in [-0.3, -0.25) is 4.90 Å². The van der Waals surface area contributed by atoms with Crippen molar-refractivity contribution in [2.45, 2.75) is 19.0 Å². The maximum atomic E-state index is 5.29. The Labute approximate surface area is 117 Å². The van der Waals surface area contributed by atoms with Crippen LogP contribution in [0.1, 0.15) is 6.92 Å². The quantitative estimate of drug-likeness (QED) is 0.834. The predicted octanol–water partition coefficient (Wildman–Crippen LogP) is 2.36. The van der Waals surface area contributed by atoms with Crippen molar-refractivity contribution in [2.24, 2.45) is 0 Å². The van der Waals surface area contributed by atoms with Crippen molar-refractivity contribution < 1.29 is 4.74 Å². The molecule has 1 atom stereocenters. The second-order valence-electron chi connectivity index (χ2n) is 5.21. The van der Waals surface area contributed by atoms with E-state index in [0.717, 1.165) is 37.3 Å². The molecule has 1 unspecified atom stereocenters. The molecule has 0 aliphatic carbocycles. The lowest BCUT2D eigenvalue weighted by molar-refractivity contribution is -0.0691. The maximum Gasteiger partial charge on any atom is 0.0645 e. The Morgan fingerprint density at radius 1 is 1.28 bits per heavy atom. The molecule has 0 spiro atoms. The van der Waals surface area contributed by atoms with E-state index in [-0.39, 0.29) is 0 Å². The van der Waals surface area contributed by atoms with Crippen molar-refractivity contribution in [3.8, 4) is 0 Å². The summed E-state index contributed by atoms with van der Waals surface area (Å²) in [6.45, 7) is 7.54. The summed E-state index contributed by atoms with van der Waals surface area (Å²) in [6, 6.07) is 9.82. The van der Waals surface area contributed by atoms with Gasteiger partial charge in [-0.15, -0.1) is 0 Å². The summed E-state index contributed by atoms with van der Waals surface area (Å²) < 4.78 is 6.44. The lowest BCUT2D eigenvalue weighted by Gasteiger charge is -2.46. The Morgan fingerprint density at radius 3 is 2.72 bits per heavy atom. The summed E-state index contributed by atoms with van der Waals surface area (Å²) in [5.41, 5.74) is 1.32. The van der Waals surface area contributed by atoms with Crippen LogP contribution in [0.15, 0.2) is 28.7 Å². The SMILES string of the molecule is CC1CN(C2COC2)CCN1c1cccc(Br)c1. The number of hydrogen-bond acceptors (Lipinski definition) is 3. The standard InChI is InChI=1S/C14H19BrN2O/c1-11-8-16(14-9-18-10-14)5-6-17(11)13-4-2-3-12(15)7-13/h2-4,7,11,14H,5-6,8-10H2,1H3. The fourth-order valence-electron chi connectivity index (χ4n) is 2.79. The molecule has 0 amide bonds. The maximum absolute atomic E-state index is 5.29. The molecule has 3 rings (SSSR count). The van der Waals surface area contributed by atoms with Gasteiger partial charge < -0.3 is 9.64 Å². The first-order valence-electron chi connectivity index (χ1n) is 6.58. The summed E-state index contributed by atoms with van der Waals surface area (Å²) in [5, 5.41) is 0. The number of anilines is 1. The van der Waals surface area contributed by atoms with Gasteiger partial charge in [-0.25, -0.2) is 0 Å². The van der Waals surface area contributed by atoms with Gasteiger partial charge >= 0.3 is 0 Å². The van der Waals surface area contributed by atoms with E-state index in [2.05, 4.69) is 56.9 Å². The van der Waals surface area contributed by atoms with Crippen LogP contribution in [0.2, 0.25) is 0 Å². The molecule has 2 saturated heterocycles. The van der Waals surface area contributed by atoms with Gasteiger partial charge in [0.15, 0.2) is 0 Å². The van der Waals surface area contributed by atoms with Crippen LogP contribution >= 0.6 is 15.9 Å². The highest BCUT2D eigenvalue weighted by molar-refractivity contribution is 9.10. The van der Waals surface area contributed by atoms with Crippen LogP contribution in [-0.4, -0.2) is 49.8 Å². The smallest absolute Gasteiger partial charge is 0.0645 e. The van der Waals surface area contributed by atoms with Gasteiger partial charge in [-0.05, 0) is 25.1 Å². The monoisotopic (exact) mass is 310 g/mol. The number of benzene rings is 1. The molecule has 0 bridgehead atoms. The van der Waals surface area contributed by atoms with Crippen LogP contribution in [0.25, 0.3) is 0 Å². The van der Waals surface area contributed by atoms with E-state index in [1.54, 1.807) is 0 Å². The average Bonchev–Trinajstić information content (AvgIpc) is 2.26. The minimum atomic E-state index is 0.564. The van der Waals surface area contributed by atoms with Crippen LogP contribution in [0.3, 0.4) is 0 Å². The van der Waals surface area contributed by atoms with Crippen molar-refractivity contribution in [2.75, 3.05) is 37.7 Å². The number of rotatable bonds is 2. The fourth-order valence-corrected chi connectivity index (χ4v) is 3.18. The molecule has 0 aromatic heterocycles. The van der Waals surface area contributed by atoms with Crippen LogP contribution in [-0.2, 0) is 4.74 Å². The predicted molar refractivity (Wildman–Crippen MR) is 77.1 cm³/mol. The first-order chi connectivity index (χ1) is 8.74. The lowest BCUT2D eigenvalue weighted by atomic mass is 10.1. The van der Waals surface area contributed by atoms with Gasteiger partial charge in [0.1, 0.15) is 0 Å². The molecule has 2 aliphatic rings. The minimum absolute atomic E-state index is 0.564. The molecule has 4 heteroatoms. The molecule has 3 nitrogen and oxygen atoms in total. The van der Waals surface area contributed by atoms with Crippen LogP contribution in [0.5, 0.6) is 0 Å². The zero-order valence-corrected chi connectivity index (χ0v) is 12.3. The third-order valence-electron chi connectivity index (χ3n) is 3.94. The number of halogens is 1. The molecule has 1 aromatic rings. The first kappa shape index (κ1) is 12.5. The van der Waals surface area contributed by atoms with Crippen molar-refractivity contribution >= 4 is 21.6 Å². The Hall–Kier alpha value is -0.580. The summed E-state index contributed by atoms with van der Waals surface area (Å²) in [6.07, 6.45) is 0. The second-order valence-corrected chi connectivity index (χ2v) is 6.12. The second kappa shape index (κ2) is 5.19. The highest BCUT2D eigenvalue weighted by Crippen LogP contribution is 2.25. The molecule has 98 valence electrons. The van der Waals surface area contributed by atoms with E-state index >= 15 is 0 Å². The minimum Gasteiger partial charge on any atom is -0.378 e. The van der Waals surface area contributed by atoms with Crippen LogP contribution in [0, 0.1) is 0 Å². The fraction of sp³-hybridized carbons (Fsp3) is 0.571. The Bertz CT molecular complexity index is 422. The van der Waals surface area contributed by atoms with E-state index in [4.69, 9.17) is 4.74 Å². The summed E-state index contributed by atoms with van der Waals surface area (Å²) >= 11 is 3.55. The molecular formula is C14H19BrN2O. The Morgan fingerprint density at radius 2 is 2.11 bits per heavy atom. The topological polar surface area (TPSA) is 15.7 Å². The summed E-state index contributed by atoms with van der Waals surface area (Å²) in [7, 11) is 0. The van der Waals surface area contributed by atoms with Gasteiger partial charge in [0.2, 0.25) is 0 Å². The third-order valence-corrected chi connectivity index (χ3v) is 4.43. The molecular weight excluding hydrogens is 292 g/mol. The first-order valence-corrected chi connectivity index (χ1v) is 7.37. The van der Waals surface area contributed by atoms with Crippen molar-refractivity contribution in [1.29, 1.82) is 0 Å². The molecule has 2 aliphatic heterocycles. The highest BCUT2D eigenvalue weighted by Gasteiger charge is 2.32. The van der Waals surface area contributed by atoms with E-state index in [0.29, 0.717) is 12.1 Å². The zero-order valence-electron chi connectivity index (χ0n) is 10.7. The zero-order chi connectivity index (χ0) is 12.5. The molecule has 0 saturated carbocycles. The molecule has 2 heterocycles. The van der Waals surface area contributed by atoms with Gasteiger partial charge in [-0.2, -0.15) is 0 Å². The van der Waals surface area contributed by atoms with E-state index in [1.165, 1.54) is 5.69 Å².